The van der Waals surface area contributed by atoms with E-state index in [2.05, 4.69) is 10.6 Å². The van der Waals surface area contributed by atoms with E-state index in [1.54, 1.807) is 24.3 Å². The van der Waals surface area contributed by atoms with E-state index in [0.29, 0.717) is 17.1 Å². The van der Waals surface area contributed by atoms with E-state index in [0.717, 1.165) is 11.3 Å². The van der Waals surface area contributed by atoms with Crippen molar-refractivity contribution >= 4 is 34.8 Å². The second kappa shape index (κ2) is 8.66. The van der Waals surface area contributed by atoms with Crippen molar-refractivity contribution in [2.24, 2.45) is 0 Å². The van der Waals surface area contributed by atoms with Crippen molar-refractivity contribution in [3.63, 3.8) is 0 Å². The maximum Gasteiger partial charge on any atom is 0.257 e. The predicted octanol–water partition coefficient (Wildman–Crippen LogP) is 3.93. The maximum absolute atomic E-state index is 12.1. The average molecular weight is 363 g/mol. The molecule has 0 atom stereocenters. The third kappa shape index (κ3) is 5.83. The predicted molar refractivity (Wildman–Crippen MR) is 101 cm³/mol. The van der Waals surface area contributed by atoms with Gasteiger partial charge in [-0.2, -0.15) is 0 Å². The van der Waals surface area contributed by atoms with E-state index < -0.39 is 0 Å². The number of rotatable bonds is 5. The number of carbonyl (C=O) groups is 1. The normalized spacial score (nSPS) is 10.3. The molecule has 4 nitrogen and oxygen atoms in total. The molecule has 0 heterocycles. The van der Waals surface area contributed by atoms with Crippen molar-refractivity contribution in [3.05, 3.63) is 64.7 Å². The van der Waals surface area contributed by atoms with Crippen molar-refractivity contribution < 1.29 is 9.53 Å². The van der Waals surface area contributed by atoms with Crippen LogP contribution < -0.4 is 15.4 Å². The number of hydrogen-bond acceptors (Lipinski definition) is 3. The van der Waals surface area contributed by atoms with Gasteiger partial charge in [0, 0.05) is 17.1 Å². The molecule has 0 saturated carbocycles. The average Bonchev–Trinajstić information content (AvgIpc) is 2.53. The molecular formula is C18H19ClN2O2S. The summed E-state index contributed by atoms with van der Waals surface area (Å²) in [6.45, 7) is 4.48. The highest BCUT2D eigenvalue weighted by molar-refractivity contribution is 7.80. The zero-order chi connectivity index (χ0) is 17.5. The Labute approximate surface area is 152 Å². The van der Waals surface area contributed by atoms with Crippen molar-refractivity contribution in [3.8, 4) is 5.75 Å². The highest BCUT2D eigenvalue weighted by atomic mass is 35.5. The lowest BCUT2D eigenvalue weighted by Crippen LogP contribution is -2.38. The standard InChI is InChI=1S/C18H19ClN2O2S/c1-12(2)23-16-8-6-13(7-9-16)11-20-18(24)21-17(22)14-4-3-5-15(19)10-14/h3-10,12H,11H2,1-2H3,(H2,20,21,22,24). The van der Waals surface area contributed by atoms with Crippen LogP contribution in [0.2, 0.25) is 5.02 Å². The van der Waals surface area contributed by atoms with Crippen LogP contribution in [-0.4, -0.2) is 17.1 Å². The largest absolute Gasteiger partial charge is 0.491 e. The molecule has 1 amide bonds. The Bertz CT molecular complexity index is 717. The third-order valence-electron chi connectivity index (χ3n) is 3.06. The van der Waals surface area contributed by atoms with Crippen LogP contribution in [-0.2, 0) is 6.54 Å². The number of halogens is 1. The Morgan fingerprint density at radius 3 is 2.54 bits per heavy atom. The van der Waals surface area contributed by atoms with Crippen LogP contribution in [0, 0.1) is 0 Å². The first-order valence-corrected chi connectivity index (χ1v) is 8.33. The first-order valence-electron chi connectivity index (χ1n) is 7.54. The number of hydrogen-bond donors (Lipinski definition) is 2. The minimum absolute atomic E-state index is 0.142. The molecule has 2 N–H and O–H groups in total. The number of benzene rings is 2. The molecule has 0 radical (unpaired) electrons. The van der Waals surface area contributed by atoms with Gasteiger partial charge in [-0.05, 0) is 62.0 Å². The Morgan fingerprint density at radius 2 is 1.92 bits per heavy atom. The van der Waals surface area contributed by atoms with Crippen LogP contribution >= 0.6 is 23.8 Å². The van der Waals surface area contributed by atoms with Gasteiger partial charge in [-0.25, -0.2) is 0 Å². The summed E-state index contributed by atoms with van der Waals surface area (Å²) in [5.74, 6) is 0.529. The van der Waals surface area contributed by atoms with Gasteiger partial charge in [-0.1, -0.05) is 29.8 Å². The molecule has 0 spiro atoms. The number of nitrogens with one attached hydrogen (secondary N) is 2. The molecule has 6 heteroatoms. The SMILES string of the molecule is CC(C)Oc1ccc(CNC(=S)NC(=O)c2cccc(Cl)c2)cc1. The summed E-state index contributed by atoms with van der Waals surface area (Å²) in [7, 11) is 0. The van der Waals surface area contributed by atoms with Gasteiger partial charge in [0.25, 0.3) is 5.91 Å². The van der Waals surface area contributed by atoms with Gasteiger partial charge in [0.2, 0.25) is 0 Å². The van der Waals surface area contributed by atoms with Crippen molar-refractivity contribution in [2.75, 3.05) is 0 Å². The summed E-state index contributed by atoms with van der Waals surface area (Å²) in [6, 6.07) is 14.4. The van der Waals surface area contributed by atoms with Gasteiger partial charge in [-0.3, -0.25) is 10.1 Å². The summed E-state index contributed by atoms with van der Waals surface area (Å²) in [4.78, 5) is 12.1. The zero-order valence-electron chi connectivity index (χ0n) is 13.5. The fourth-order valence-corrected chi connectivity index (χ4v) is 2.34. The second-order valence-electron chi connectivity index (χ2n) is 5.46. The van der Waals surface area contributed by atoms with Gasteiger partial charge in [0.1, 0.15) is 5.75 Å². The summed E-state index contributed by atoms with van der Waals surface area (Å²) < 4.78 is 5.59. The molecule has 0 bridgehead atoms. The van der Waals surface area contributed by atoms with E-state index >= 15 is 0 Å². The molecule has 24 heavy (non-hydrogen) atoms. The van der Waals surface area contributed by atoms with E-state index in [9.17, 15) is 4.79 Å². The zero-order valence-corrected chi connectivity index (χ0v) is 15.1. The molecule has 2 aromatic carbocycles. The van der Waals surface area contributed by atoms with E-state index in [1.807, 2.05) is 38.1 Å². The van der Waals surface area contributed by atoms with E-state index in [4.69, 9.17) is 28.6 Å². The molecule has 0 fully saturated rings. The Hall–Kier alpha value is -2.11. The van der Waals surface area contributed by atoms with Gasteiger partial charge >= 0.3 is 0 Å². The molecule has 126 valence electrons. The van der Waals surface area contributed by atoms with Gasteiger partial charge in [0.05, 0.1) is 6.10 Å². The first-order chi connectivity index (χ1) is 11.4. The van der Waals surface area contributed by atoms with Crippen LogP contribution in [0.4, 0.5) is 0 Å². The van der Waals surface area contributed by atoms with Crippen LogP contribution in [0.5, 0.6) is 5.75 Å². The topological polar surface area (TPSA) is 50.4 Å². The molecule has 0 aliphatic carbocycles. The summed E-state index contributed by atoms with van der Waals surface area (Å²) in [6.07, 6.45) is 0.142. The number of amides is 1. The van der Waals surface area contributed by atoms with Crippen molar-refractivity contribution in [1.82, 2.24) is 10.6 Å². The Kier molecular flexibility index (Phi) is 6.58. The van der Waals surface area contributed by atoms with Gasteiger partial charge < -0.3 is 10.1 Å². The smallest absolute Gasteiger partial charge is 0.257 e. The molecule has 0 aliphatic heterocycles. The fourth-order valence-electron chi connectivity index (χ4n) is 1.99. The minimum atomic E-state index is -0.296. The molecule has 2 aromatic rings. The number of carbonyl (C=O) groups excluding carboxylic acids is 1. The fraction of sp³-hybridized carbons (Fsp3) is 0.222. The number of ether oxygens (including phenoxy) is 1. The maximum atomic E-state index is 12.1. The molecular weight excluding hydrogens is 344 g/mol. The molecule has 0 aromatic heterocycles. The Balaban J connectivity index is 1.83. The molecule has 0 unspecified atom stereocenters. The van der Waals surface area contributed by atoms with Gasteiger partial charge in [0.15, 0.2) is 5.11 Å². The minimum Gasteiger partial charge on any atom is -0.491 e. The molecule has 0 saturated heterocycles. The highest BCUT2D eigenvalue weighted by Gasteiger charge is 2.08. The van der Waals surface area contributed by atoms with E-state index in [-0.39, 0.29) is 17.1 Å². The molecule has 0 aliphatic rings. The van der Waals surface area contributed by atoms with Crippen LogP contribution in [0.1, 0.15) is 29.8 Å². The summed E-state index contributed by atoms with van der Waals surface area (Å²) in [5.41, 5.74) is 1.49. The summed E-state index contributed by atoms with van der Waals surface area (Å²) in [5, 5.41) is 6.40. The highest BCUT2D eigenvalue weighted by Crippen LogP contribution is 2.14. The Morgan fingerprint density at radius 1 is 1.21 bits per heavy atom. The lowest BCUT2D eigenvalue weighted by molar-refractivity contribution is 0.0976. The van der Waals surface area contributed by atoms with Crippen LogP contribution in [0.25, 0.3) is 0 Å². The molecule has 2 rings (SSSR count). The number of thiocarbonyl (C=S) groups is 1. The lowest BCUT2D eigenvalue weighted by atomic mass is 10.2. The first kappa shape index (κ1) is 18.2. The second-order valence-corrected chi connectivity index (χ2v) is 6.30. The summed E-state index contributed by atoms with van der Waals surface area (Å²) >= 11 is 11.0. The monoisotopic (exact) mass is 362 g/mol. The third-order valence-corrected chi connectivity index (χ3v) is 3.54. The van der Waals surface area contributed by atoms with Crippen molar-refractivity contribution in [2.45, 2.75) is 26.5 Å². The van der Waals surface area contributed by atoms with E-state index in [1.165, 1.54) is 0 Å². The van der Waals surface area contributed by atoms with Crippen molar-refractivity contribution in [1.29, 1.82) is 0 Å². The lowest BCUT2D eigenvalue weighted by Gasteiger charge is -2.12. The quantitative estimate of drug-likeness (QED) is 0.791. The van der Waals surface area contributed by atoms with Crippen LogP contribution in [0.15, 0.2) is 48.5 Å². The van der Waals surface area contributed by atoms with Gasteiger partial charge in [-0.15, -0.1) is 0 Å². The van der Waals surface area contributed by atoms with Crippen LogP contribution in [0.3, 0.4) is 0 Å².